The summed E-state index contributed by atoms with van der Waals surface area (Å²) in [6.45, 7) is 24.4. The number of aryl methyl sites for hydroxylation is 2. The minimum atomic E-state index is -2.79. The molecule has 0 radical (unpaired) electrons. The van der Waals surface area contributed by atoms with Gasteiger partial charge in [-0.1, -0.05) is 0 Å². The molecule has 7 rings (SSSR count). The molecule has 49 heavy (non-hydrogen) atoms. The number of benzene rings is 4. The van der Waals surface area contributed by atoms with Gasteiger partial charge in [0.2, 0.25) is 0 Å². The molecule has 1 heterocycles. The summed E-state index contributed by atoms with van der Waals surface area (Å²) >= 11 is -2.79. The molecule has 2 aliphatic carbocycles. The minimum Gasteiger partial charge on any atom is -1.00 e. The van der Waals surface area contributed by atoms with Gasteiger partial charge in [0.15, 0.2) is 0 Å². The first kappa shape index (κ1) is 38.5. The van der Waals surface area contributed by atoms with Crippen LogP contribution in [0.1, 0.15) is 67.3 Å². The van der Waals surface area contributed by atoms with Gasteiger partial charge in [-0.25, -0.2) is 0 Å². The van der Waals surface area contributed by atoms with Gasteiger partial charge in [-0.05, 0) is 0 Å². The van der Waals surface area contributed by atoms with Gasteiger partial charge in [0, 0.05) is 0 Å². The molecule has 0 saturated carbocycles. The third-order valence-electron chi connectivity index (χ3n) is 11.9. The van der Waals surface area contributed by atoms with Crippen molar-refractivity contribution in [2.75, 3.05) is 0 Å². The largest absolute Gasteiger partial charge is 1.00 e. The van der Waals surface area contributed by atoms with Crippen LogP contribution in [0.15, 0.2) is 83.9 Å². The molecule has 5 heteroatoms. The van der Waals surface area contributed by atoms with Gasteiger partial charge in [0.05, 0.1) is 0 Å². The first-order chi connectivity index (χ1) is 22.3. The van der Waals surface area contributed by atoms with Crippen LogP contribution in [-0.2, 0) is 20.3 Å². The molecular weight excluding hydrogens is 747 g/mol. The standard InChI is InChI=1S/2C21H25Si.C2H4.2ClH.Zr/c2*1-6-16-13-20-15(2)7-12-19(21(20)14-16)17-8-10-18(11-9-17)22(3,4)5;1-2;;;/h2*7-14H,6H2,1-5H3;1-2H2;2*1H;/q;;;;;+2/p-2. The second kappa shape index (κ2) is 14.0. The topological polar surface area (TPSA) is 0 Å². The Hall–Kier alpha value is -1.74. The van der Waals surface area contributed by atoms with Gasteiger partial charge in [-0.2, -0.15) is 0 Å². The van der Waals surface area contributed by atoms with E-state index in [4.69, 9.17) is 0 Å². The van der Waals surface area contributed by atoms with Crippen molar-refractivity contribution in [2.24, 2.45) is 0 Å². The van der Waals surface area contributed by atoms with Crippen LogP contribution in [0.4, 0.5) is 0 Å². The maximum Gasteiger partial charge on any atom is -1.00 e. The van der Waals surface area contributed by atoms with Crippen LogP contribution in [0, 0.1) is 13.8 Å². The van der Waals surface area contributed by atoms with Crippen molar-refractivity contribution in [3.05, 3.63) is 117 Å². The van der Waals surface area contributed by atoms with Crippen LogP contribution < -0.4 is 35.2 Å². The first-order valence-electron chi connectivity index (χ1n) is 18.2. The Bertz CT molecular complexity index is 1800. The van der Waals surface area contributed by atoms with Crippen LogP contribution in [0.2, 0.25) is 47.5 Å². The second-order valence-corrected chi connectivity index (χ2v) is 38.4. The summed E-state index contributed by atoms with van der Waals surface area (Å²) in [5, 5.41) is 3.09. The van der Waals surface area contributed by atoms with Crippen LogP contribution in [0.5, 0.6) is 0 Å². The van der Waals surface area contributed by atoms with Crippen molar-refractivity contribution in [2.45, 2.75) is 95.3 Å². The minimum absolute atomic E-state index is 0. The van der Waals surface area contributed by atoms with Crippen LogP contribution in [0.3, 0.4) is 0 Å². The summed E-state index contributed by atoms with van der Waals surface area (Å²) < 4.78 is 4.41. The summed E-state index contributed by atoms with van der Waals surface area (Å²) in [4.78, 5) is 0. The number of halogens is 2. The van der Waals surface area contributed by atoms with E-state index in [0.717, 1.165) is 0 Å². The van der Waals surface area contributed by atoms with Gasteiger partial charge in [0.1, 0.15) is 0 Å². The Morgan fingerprint density at radius 1 is 0.531 bits per heavy atom. The molecule has 0 spiro atoms. The monoisotopic (exact) mass is 798 g/mol. The van der Waals surface area contributed by atoms with E-state index in [2.05, 4.69) is 152 Å². The Morgan fingerprint density at radius 3 is 1.16 bits per heavy atom. The third kappa shape index (κ3) is 6.59. The van der Waals surface area contributed by atoms with Crippen molar-refractivity contribution in [3.8, 4) is 22.3 Å². The summed E-state index contributed by atoms with van der Waals surface area (Å²) in [6, 6.07) is 29.1. The Labute approximate surface area is 316 Å². The molecule has 1 aliphatic heterocycles. The van der Waals surface area contributed by atoms with Gasteiger partial charge >= 0.3 is 294 Å². The molecular formula is C44H54Cl2Si2Zr. The molecule has 4 aromatic rings. The van der Waals surface area contributed by atoms with E-state index in [-0.39, 0.29) is 24.8 Å². The Morgan fingerprint density at radius 2 is 0.878 bits per heavy atom. The van der Waals surface area contributed by atoms with E-state index in [9.17, 15) is 0 Å². The number of hydrogen-bond acceptors (Lipinski definition) is 0. The quantitative estimate of drug-likeness (QED) is 0.188. The van der Waals surface area contributed by atoms with E-state index >= 15 is 0 Å². The molecule has 0 nitrogen and oxygen atoms in total. The molecule has 0 N–H and O–H groups in total. The fourth-order valence-electron chi connectivity index (χ4n) is 9.09. The molecule has 0 bridgehead atoms. The SMILES string of the molecule is CCC1=Cc2c(-c3ccc([Si](C)(C)C)cc3)ccc(C)c2[CH]1[Zr+2]1([CH]2C(CC)=Cc3c(-c4ccc([Si](C)(C)C)cc4)ccc(C)c32)[CH2][CH2]1.[Cl-].[Cl-]. The Kier molecular flexibility index (Phi) is 11.0. The number of allylic oxidation sites excluding steroid dienone is 2. The molecule has 2 unspecified atom stereocenters. The molecule has 1 fully saturated rings. The zero-order valence-corrected chi connectivity index (χ0v) is 37.3. The average Bonchev–Trinajstić information content (AvgIpc) is 3.55. The predicted molar refractivity (Wildman–Crippen MR) is 211 cm³/mol. The van der Waals surface area contributed by atoms with Gasteiger partial charge in [-0.3, -0.25) is 0 Å². The molecule has 1 saturated heterocycles. The first-order valence-corrected chi connectivity index (χ1v) is 31.5. The normalized spacial score (nSPS) is 18.2. The van der Waals surface area contributed by atoms with E-state index in [1.807, 2.05) is 0 Å². The summed E-state index contributed by atoms with van der Waals surface area (Å²) in [6.07, 6.45) is 7.66. The van der Waals surface area contributed by atoms with Gasteiger partial charge < -0.3 is 24.8 Å². The molecule has 256 valence electrons. The maximum absolute atomic E-state index is 2.79. The smallest absolute Gasteiger partial charge is 1.00 e. The summed E-state index contributed by atoms with van der Waals surface area (Å²) in [7, 11) is -2.67. The molecule has 2 atom stereocenters. The second-order valence-electron chi connectivity index (χ2n) is 16.9. The number of rotatable bonds is 8. The Balaban J connectivity index is 0.00000234. The molecule has 4 aromatic carbocycles. The van der Waals surface area contributed by atoms with Crippen LogP contribution in [0.25, 0.3) is 34.4 Å². The molecule has 3 aliphatic rings. The maximum atomic E-state index is 2.67. The van der Waals surface area contributed by atoms with Crippen molar-refractivity contribution in [1.82, 2.24) is 0 Å². The average molecular weight is 801 g/mol. The van der Waals surface area contributed by atoms with Gasteiger partial charge in [-0.15, -0.1) is 0 Å². The van der Waals surface area contributed by atoms with Crippen LogP contribution in [-0.4, -0.2) is 16.1 Å². The fourth-order valence-corrected chi connectivity index (χ4v) is 29.7. The predicted octanol–water partition coefficient (Wildman–Crippen LogP) is 6.14. The third-order valence-corrected chi connectivity index (χ3v) is 29.0. The van der Waals surface area contributed by atoms with Crippen molar-refractivity contribution >= 4 is 38.7 Å². The number of hydrogen-bond donors (Lipinski definition) is 0. The van der Waals surface area contributed by atoms with Crippen molar-refractivity contribution in [1.29, 1.82) is 0 Å². The zero-order valence-electron chi connectivity index (χ0n) is 31.3. The van der Waals surface area contributed by atoms with Crippen LogP contribution >= 0.6 is 0 Å². The summed E-state index contributed by atoms with van der Waals surface area (Å²) in [5.74, 6) is 0. The van der Waals surface area contributed by atoms with E-state index in [1.165, 1.54) is 54.5 Å². The molecule has 0 amide bonds. The van der Waals surface area contributed by atoms with E-state index < -0.39 is 36.4 Å². The molecule has 0 aromatic heterocycles. The number of fused-ring (bicyclic) bond motifs is 2. The van der Waals surface area contributed by atoms with E-state index in [1.54, 1.807) is 43.8 Å². The summed E-state index contributed by atoms with van der Waals surface area (Å²) in [5.41, 5.74) is 18.7. The van der Waals surface area contributed by atoms with Crippen molar-refractivity contribution < 1.29 is 45.1 Å². The van der Waals surface area contributed by atoms with Gasteiger partial charge in [0.25, 0.3) is 0 Å². The van der Waals surface area contributed by atoms with E-state index in [0.29, 0.717) is 7.25 Å². The zero-order chi connectivity index (χ0) is 33.5. The van der Waals surface area contributed by atoms with Crippen molar-refractivity contribution in [3.63, 3.8) is 0 Å². The fraction of sp³-hybridized carbons (Fsp3) is 0.364.